The molecule has 3 nitrogen and oxygen atoms in total. The monoisotopic (exact) mass is 171 g/mol. The van der Waals surface area contributed by atoms with E-state index in [4.69, 9.17) is 5.11 Å². The maximum atomic E-state index is 11.0. The average Bonchev–Trinajstić information content (AvgIpc) is 2.35. The van der Waals surface area contributed by atoms with Crippen LogP contribution in [0.15, 0.2) is 0 Å². The second-order valence-electron chi connectivity index (χ2n) is 3.80. The van der Waals surface area contributed by atoms with E-state index in [0.29, 0.717) is 12.0 Å². The fourth-order valence-electron chi connectivity index (χ4n) is 1.66. The SMILES string of the molecule is CC1CCC(NC(=O)[C@H](C)O)C1. The summed E-state index contributed by atoms with van der Waals surface area (Å²) in [5, 5.41) is 11.8. The van der Waals surface area contributed by atoms with Gasteiger partial charge in [0.05, 0.1) is 0 Å². The van der Waals surface area contributed by atoms with E-state index in [2.05, 4.69) is 12.2 Å². The standard InChI is InChI=1S/C9H17NO2/c1-6-3-4-8(5-6)10-9(12)7(2)11/h6-8,11H,3-5H2,1-2H3,(H,10,12)/t6?,7-,8?/m0/s1. The summed E-state index contributed by atoms with van der Waals surface area (Å²) in [6, 6.07) is 0.294. The first-order valence-electron chi connectivity index (χ1n) is 4.58. The molecule has 2 unspecified atom stereocenters. The number of aliphatic hydroxyl groups excluding tert-OH is 1. The largest absolute Gasteiger partial charge is 0.384 e. The molecule has 1 rings (SSSR count). The van der Waals surface area contributed by atoms with Crippen molar-refractivity contribution in [2.45, 2.75) is 45.3 Å². The number of rotatable bonds is 2. The van der Waals surface area contributed by atoms with Gasteiger partial charge in [0.25, 0.3) is 0 Å². The van der Waals surface area contributed by atoms with Crippen molar-refractivity contribution in [2.24, 2.45) is 5.92 Å². The van der Waals surface area contributed by atoms with Gasteiger partial charge >= 0.3 is 0 Å². The highest BCUT2D eigenvalue weighted by molar-refractivity contribution is 5.80. The molecule has 12 heavy (non-hydrogen) atoms. The predicted molar refractivity (Wildman–Crippen MR) is 46.6 cm³/mol. The van der Waals surface area contributed by atoms with Gasteiger partial charge in [0.1, 0.15) is 6.10 Å². The van der Waals surface area contributed by atoms with E-state index >= 15 is 0 Å². The molecule has 0 saturated heterocycles. The molecule has 0 bridgehead atoms. The van der Waals surface area contributed by atoms with Crippen LogP contribution in [-0.2, 0) is 4.79 Å². The van der Waals surface area contributed by atoms with E-state index in [9.17, 15) is 4.79 Å². The van der Waals surface area contributed by atoms with Crippen LogP contribution in [0.4, 0.5) is 0 Å². The molecule has 0 aromatic rings. The third-order valence-electron chi connectivity index (χ3n) is 2.42. The Kier molecular flexibility index (Phi) is 3.09. The fraction of sp³-hybridized carbons (Fsp3) is 0.889. The van der Waals surface area contributed by atoms with Gasteiger partial charge in [-0.3, -0.25) is 4.79 Å². The van der Waals surface area contributed by atoms with Gasteiger partial charge in [-0.25, -0.2) is 0 Å². The van der Waals surface area contributed by atoms with Crippen LogP contribution in [0, 0.1) is 5.92 Å². The van der Waals surface area contributed by atoms with Crippen LogP contribution in [0.25, 0.3) is 0 Å². The molecular weight excluding hydrogens is 154 g/mol. The zero-order valence-corrected chi connectivity index (χ0v) is 7.71. The first-order chi connectivity index (χ1) is 5.59. The van der Waals surface area contributed by atoms with Crippen LogP contribution in [0.5, 0.6) is 0 Å². The summed E-state index contributed by atoms with van der Waals surface area (Å²) in [5.41, 5.74) is 0. The molecule has 70 valence electrons. The second-order valence-corrected chi connectivity index (χ2v) is 3.80. The molecule has 2 N–H and O–H groups in total. The zero-order valence-electron chi connectivity index (χ0n) is 7.71. The molecule has 0 aromatic carbocycles. The molecule has 0 heterocycles. The maximum Gasteiger partial charge on any atom is 0.248 e. The highest BCUT2D eigenvalue weighted by atomic mass is 16.3. The lowest BCUT2D eigenvalue weighted by Crippen LogP contribution is -2.38. The van der Waals surface area contributed by atoms with Crippen molar-refractivity contribution < 1.29 is 9.90 Å². The van der Waals surface area contributed by atoms with E-state index in [-0.39, 0.29) is 5.91 Å². The number of aliphatic hydroxyl groups is 1. The Morgan fingerprint density at radius 2 is 2.25 bits per heavy atom. The van der Waals surface area contributed by atoms with Crippen molar-refractivity contribution >= 4 is 5.91 Å². The van der Waals surface area contributed by atoms with Crippen molar-refractivity contribution in [1.82, 2.24) is 5.32 Å². The summed E-state index contributed by atoms with van der Waals surface area (Å²) in [7, 11) is 0. The van der Waals surface area contributed by atoms with Crippen molar-refractivity contribution in [3.63, 3.8) is 0 Å². The van der Waals surface area contributed by atoms with Crippen LogP contribution in [0.1, 0.15) is 33.1 Å². The minimum Gasteiger partial charge on any atom is -0.384 e. The van der Waals surface area contributed by atoms with Gasteiger partial charge in [0.15, 0.2) is 0 Å². The van der Waals surface area contributed by atoms with Gasteiger partial charge in [-0.05, 0) is 32.1 Å². The van der Waals surface area contributed by atoms with Gasteiger partial charge in [0, 0.05) is 6.04 Å². The lowest BCUT2D eigenvalue weighted by Gasteiger charge is -2.13. The van der Waals surface area contributed by atoms with Gasteiger partial charge in [-0.2, -0.15) is 0 Å². The lowest BCUT2D eigenvalue weighted by molar-refractivity contribution is -0.129. The molecule has 3 heteroatoms. The van der Waals surface area contributed by atoms with Crippen molar-refractivity contribution in [1.29, 1.82) is 0 Å². The van der Waals surface area contributed by atoms with E-state index in [0.717, 1.165) is 12.8 Å². The lowest BCUT2D eigenvalue weighted by atomic mass is 10.1. The van der Waals surface area contributed by atoms with E-state index < -0.39 is 6.10 Å². The molecule has 0 aromatic heterocycles. The number of hydrogen-bond acceptors (Lipinski definition) is 2. The molecule has 1 saturated carbocycles. The summed E-state index contributed by atoms with van der Waals surface area (Å²) >= 11 is 0. The normalized spacial score (nSPS) is 31.6. The summed E-state index contributed by atoms with van der Waals surface area (Å²) < 4.78 is 0. The quantitative estimate of drug-likeness (QED) is 0.641. The van der Waals surface area contributed by atoms with Crippen LogP contribution >= 0.6 is 0 Å². The van der Waals surface area contributed by atoms with Crippen LogP contribution in [0.3, 0.4) is 0 Å². The first-order valence-corrected chi connectivity index (χ1v) is 4.58. The number of carbonyl (C=O) groups is 1. The minimum atomic E-state index is -0.874. The van der Waals surface area contributed by atoms with Gasteiger partial charge in [-0.1, -0.05) is 6.92 Å². The van der Waals surface area contributed by atoms with Crippen molar-refractivity contribution in [2.75, 3.05) is 0 Å². The maximum absolute atomic E-state index is 11.0. The Labute approximate surface area is 73.2 Å². The third kappa shape index (κ3) is 2.48. The highest BCUT2D eigenvalue weighted by Crippen LogP contribution is 2.24. The van der Waals surface area contributed by atoms with Gasteiger partial charge in [0.2, 0.25) is 5.91 Å². The number of amides is 1. The smallest absolute Gasteiger partial charge is 0.248 e. The predicted octanol–water partition coefficient (Wildman–Crippen LogP) is 0.672. The van der Waals surface area contributed by atoms with Crippen molar-refractivity contribution in [3.05, 3.63) is 0 Å². The molecule has 1 aliphatic carbocycles. The summed E-state index contributed by atoms with van der Waals surface area (Å²) in [5.74, 6) is 0.471. The Hall–Kier alpha value is -0.570. The Balaban J connectivity index is 2.28. The van der Waals surface area contributed by atoms with E-state index in [1.165, 1.54) is 13.3 Å². The summed E-state index contributed by atoms with van der Waals surface area (Å²) in [6.45, 7) is 3.68. The van der Waals surface area contributed by atoms with Gasteiger partial charge in [-0.15, -0.1) is 0 Å². The Bertz CT molecular complexity index is 168. The molecule has 1 aliphatic rings. The molecule has 1 fully saturated rings. The molecule has 0 aliphatic heterocycles. The van der Waals surface area contributed by atoms with E-state index in [1.807, 2.05) is 0 Å². The third-order valence-corrected chi connectivity index (χ3v) is 2.42. The number of nitrogens with one attached hydrogen (secondary N) is 1. The molecule has 0 radical (unpaired) electrons. The highest BCUT2D eigenvalue weighted by Gasteiger charge is 2.23. The Morgan fingerprint density at radius 1 is 1.58 bits per heavy atom. The number of carbonyl (C=O) groups excluding carboxylic acids is 1. The minimum absolute atomic E-state index is 0.242. The Morgan fingerprint density at radius 3 is 2.67 bits per heavy atom. The zero-order chi connectivity index (χ0) is 9.14. The van der Waals surface area contributed by atoms with E-state index in [1.54, 1.807) is 0 Å². The van der Waals surface area contributed by atoms with Gasteiger partial charge < -0.3 is 10.4 Å². The fourth-order valence-corrected chi connectivity index (χ4v) is 1.66. The summed E-state index contributed by atoms with van der Waals surface area (Å²) in [6.07, 6.45) is 2.42. The topological polar surface area (TPSA) is 49.3 Å². The van der Waals surface area contributed by atoms with Crippen LogP contribution < -0.4 is 5.32 Å². The molecular formula is C9H17NO2. The number of hydrogen-bond donors (Lipinski definition) is 2. The van der Waals surface area contributed by atoms with Crippen LogP contribution in [0.2, 0.25) is 0 Å². The molecule has 3 atom stereocenters. The van der Waals surface area contributed by atoms with Crippen molar-refractivity contribution in [3.8, 4) is 0 Å². The molecule has 1 amide bonds. The summed E-state index contributed by atoms with van der Waals surface area (Å²) in [4.78, 5) is 11.0. The second kappa shape index (κ2) is 3.90. The molecule has 0 spiro atoms. The first kappa shape index (κ1) is 9.52. The average molecular weight is 171 g/mol. The van der Waals surface area contributed by atoms with Crippen LogP contribution in [-0.4, -0.2) is 23.2 Å².